The third-order valence-corrected chi connectivity index (χ3v) is 3.99. The molecule has 0 bridgehead atoms. The largest absolute Gasteiger partial charge is 0.461 e. The van der Waals surface area contributed by atoms with E-state index in [1.807, 2.05) is 26.0 Å². The smallest absolute Gasteiger partial charge is 0.302 e. The van der Waals surface area contributed by atoms with Crippen molar-refractivity contribution in [3.63, 3.8) is 0 Å². The van der Waals surface area contributed by atoms with Crippen molar-refractivity contribution in [2.24, 2.45) is 0 Å². The van der Waals surface area contributed by atoms with Crippen LogP contribution in [0.25, 0.3) is 0 Å². The summed E-state index contributed by atoms with van der Waals surface area (Å²) in [6.45, 7) is 9.18. The number of carbonyl (C=O) groups is 2. The summed E-state index contributed by atoms with van der Waals surface area (Å²) < 4.78 is 5.03. The molecule has 0 spiro atoms. The number of nitrogens with one attached hydrogen (secondary N) is 2. The average molecular weight is 349 g/mol. The second kappa shape index (κ2) is 11.5. The van der Waals surface area contributed by atoms with Gasteiger partial charge in [-0.05, 0) is 38.1 Å². The highest BCUT2D eigenvalue weighted by Crippen LogP contribution is 2.17. The molecule has 6 heteroatoms. The summed E-state index contributed by atoms with van der Waals surface area (Å²) in [5, 5.41) is 5.98. The molecule has 1 aromatic rings. The van der Waals surface area contributed by atoms with Gasteiger partial charge in [-0.1, -0.05) is 19.9 Å². The number of hydrogen-bond acceptors (Lipinski definition) is 5. The molecule has 1 aliphatic heterocycles. The predicted molar refractivity (Wildman–Crippen MR) is 101 cm³/mol. The molecule has 6 nitrogen and oxygen atoms in total. The van der Waals surface area contributed by atoms with Crippen LogP contribution in [0.4, 0.5) is 5.69 Å². The first-order valence-electron chi connectivity index (χ1n) is 9.04. The normalized spacial score (nSPS) is 13.6. The summed E-state index contributed by atoms with van der Waals surface area (Å²) in [7, 11) is 1.80. The third-order valence-electron chi connectivity index (χ3n) is 3.99. The molecule has 25 heavy (non-hydrogen) atoms. The van der Waals surface area contributed by atoms with E-state index in [4.69, 9.17) is 4.74 Å². The topological polar surface area (TPSA) is 70.7 Å². The lowest BCUT2D eigenvalue weighted by atomic mass is 10.1. The maximum Gasteiger partial charge on any atom is 0.302 e. The zero-order valence-electron chi connectivity index (χ0n) is 15.9. The van der Waals surface area contributed by atoms with Gasteiger partial charge in [0, 0.05) is 43.9 Å². The van der Waals surface area contributed by atoms with E-state index in [0.29, 0.717) is 17.7 Å². The molecule has 1 heterocycles. The van der Waals surface area contributed by atoms with Gasteiger partial charge in [0.1, 0.15) is 6.61 Å². The van der Waals surface area contributed by atoms with E-state index in [-0.39, 0.29) is 18.5 Å². The van der Waals surface area contributed by atoms with Crippen molar-refractivity contribution in [3.8, 4) is 0 Å². The van der Waals surface area contributed by atoms with Gasteiger partial charge in [-0.25, -0.2) is 0 Å². The molecule has 1 amide bonds. The Labute approximate surface area is 150 Å². The number of nitrogens with zero attached hydrogens (tertiary/aromatic N) is 1. The summed E-state index contributed by atoms with van der Waals surface area (Å²) in [6.07, 6.45) is 2.48. The monoisotopic (exact) mass is 349 g/mol. The van der Waals surface area contributed by atoms with E-state index in [1.165, 1.54) is 19.8 Å². The number of hydrogen-bond donors (Lipinski definition) is 2. The number of esters is 1. The van der Waals surface area contributed by atoms with Crippen LogP contribution in [0.3, 0.4) is 0 Å². The Balaban J connectivity index is 0.00000151. The Bertz CT molecular complexity index is 555. The summed E-state index contributed by atoms with van der Waals surface area (Å²) in [5.41, 5.74) is 2.10. The predicted octanol–water partition coefficient (Wildman–Crippen LogP) is 2.64. The molecule has 1 fully saturated rings. The van der Waals surface area contributed by atoms with Crippen molar-refractivity contribution in [2.75, 3.05) is 38.5 Å². The second-order valence-corrected chi connectivity index (χ2v) is 5.71. The van der Waals surface area contributed by atoms with Crippen LogP contribution in [-0.2, 0) is 16.1 Å². The highest BCUT2D eigenvalue weighted by Gasteiger charge is 2.15. The number of ether oxygens (including phenoxy) is 1. The summed E-state index contributed by atoms with van der Waals surface area (Å²) in [5.74, 6) is -0.494. The first-order valence-corrected chi connectivity index (χ1v) is 9.04. The van der Waals surface area contributed by atoms with E-state index >= 15 is 0 Å². The van der Waals surface area contributed by atoms with Gasteiger partial charge < -0.3 is 20.3 Å². The van der Waals surface area contributed by atoms with Crippen LogP contribution in [0, 0.1) is 0 Å². The number of carbonyl (C=O) groups excluding carboxylic acids is 2. The minimum atomic E-state index is -0.358. The number of benzene rings is 1. The van der Waals surface area contributed by atoms with Crippen LogP contribution in [0.1, 0.15) is 49.5 Å². The zero-order chi connectivity index (χ0) is 18.7. The van der Waals surface area contributed by atoms with Gasteiger partial charge in [0.05, 0.1) is 0 Å². The zero-order valence-corrected chi connectivity index (χ0v) is 15.9. The maximum atomic E-state index is 12.5. The fourth-order valence-corrected chi connectivity index (χ4v) is 2.68. The number of anilines is 1. The molecule has 0 saturated carbocycles. The lowest BCUT2D eigenvalue weighted by Gasteiger charge is -2.16. The molecule has 2 N–H and O–H groups in total. The molecule has 1 saturated heterocycles. The van der Waals surface area contributed by atoms with Crippen molar-refractivity contribution in [2.45, 2.75) is 40.2 Å². The molecule has 1 aliphatic rings. The molecule has 0 atom stereocenters. The van der Waals surface area contributed by atoms with Crippen LogP contribution in [0.5, 0.6) is 0 Å². The van der Waals surface area contributed by atoms with Gasteiger partial charge in [0.15, 0.2) is 0 Å². The molecule has 0 unspecified atom stereocenters. The molecule has 2 rings (SSSR count). The Kier molecular flexibility index (Phi) is 9.62. The molecule has 1 aromatic carbocycles. The average Bonchev–Trinajstić information content (AvgIpc) is 3.14. The first kappa shape index (κ1) is 21.0. The van der Waals surface area contributed by atoms with Gasteiger partial charge in [-0.2, -0.15) is 0 Å². The van der Waals surface area contributed by atoms with Gasteiger partial charge >= 0.3 is 5.97 Å². The van der Waals surface area contributed by atoms with Crippen molar-refractivity contribution >= 4 is 17.6 Å². The highest BCUT2D eigenvalue weighted by atomic mass is 16.5. The van der Waals surface area contributed by atoms with Gasteiger partial charge in [-0.3, -0.25) is 9.59 Å². The molecule has 0 aliphatic carbocycles. The third kappa shape index (κ3) is 7.13. The number of likely N-dealkylation sites (tertiary alicyclic amines) is 1. The fourth-order valence-electron chi connectivity index (χ4n) is 2.68. The van der Waals surface area contributed by atoms with Crippen LogP contribution in [0.2, 0.25) is 0 Å². The van der Waals surface area contributed by atoms with E-state index in [9.17, 15) is 9.59 Å². The van der Waals surface area contributed by atoms with Crippen LogP contribution < -0.4 is 10.6 Å². The molecular weight excluding hydrogens is 318 g/mol. The van der Waals surface area contributed by atoms with Crippen LogP contribution >= 0.6 is 0 Å². The minimum Gasteiger partial charge on any atom is -0.461 e. The fraction of sp³-hybridized carbons (Fsp3) is 0.579. The Morgan fingerprint density at radius 1 is 1.20 bits per heavy atom. The molecule has 0 aromatic heterocycles. The van der Waals surface area contributed by atoms with E-state index < -0.39 is 0 Å². The lowest BCUT2D eigenvalue weighted by Crippen LogP contribution is -2.34. The van der Waals surface area contributed by atoms with Crippen molar-refractivity contribution in [1.29, 1.82) is 0 Å². The van der Waals surface area contributed by atoms with Crippen LogP contribution in [0.15, 0.2) is 18.2 Å². The van der Waals surface area contributed by atoms with Gasteiger partial charge in [0.25, 0.3) is 5.91 Å². The van der Waals surface area contributed by atoms with Crippen molar-refractivity contribution in [3.05, 3.63) is 29.3 Å². The summed E-state index contributed by atoms with van der Waals surface area (Å²) >= 11 is 0. The lowest BCUT2D eigenvalue weighted by molar-refractivity contribution is -0.142. The van der Waals surface area contributed by atoms with Gasteiger partial charge in [0.2, 0.25) is 0 Å². The number of amides is 1. The number of rotatable bonds is 7. The molecule has 0 radical (unpaired) electrons. The van der Waals surface area contributed by atoms with Crippen molar-refractivity contribution in [1.82, 2.24) is 10.2 Å². The molecule has 140 valence electrons. The highest BCUT2D eigenvalue weighted by molar-refractivity contribution is 5.96. The maximum absolute atomic E-state index is 12.5. The molecular formula is C19H31N3O3. The van der Waals surface area contributed by atoms with Gasteiger partial charge in [-0.15, -0.1) is 0 Å². The first-order chi connectivity index (χ1) is 12.1. The second-order valence-electron chi connectivity index (χ2n) is 5.71. The Morgan fingerprint density at radius 3 is 2.48 bits per heavy atom. The van der Waals surface area contributed by atoms with E-state index in [0.717, 1.165) is 25.3 Å². The van der Waals surface area contributed by atoms with Crippen LogP contribution in [-0.4, -0.2) is 50.0 Å². The Hall–Kier alpha value is -2.08. The standard InChI is InChI=1S/C17H25N3O3.C2H6/c1-13(21)23-12-14-5-6-15(18-2)11-16(14)17(22)19-7-10-20-8-3-4-9-20;1-2/h5-6,11,18H,3-4,7-10,12H2,1-2H3,(H,19,22);1-2H3. The minimum absolute atomic E-state index is 0.105. The Morgan fingerprint density at radius 2 is 1.88 bits per heavy atom. The summed E-state index contributed by atoms with van der Waals surface area (Å²) in [4.78, 5) is 25.8. The van der Waals surface area contributed by atoms with Crippen molar-refractivity contribution < 1.29 is 14.3 Å². The van der Waals surface area contributed by atoms with E-state index in [2.05, 4.69) is 15.5 Å². The van der Waals surface area contributed by atoms with E-state index in [1.54, 1.807) is 13.1 Å². The SMILES string of the molecule is CC.CNc1ccc(COC(C)=O)c(C(=O)NCCN2CCCC2)c1. The summed E-state index contributed by atoms with van der Waals surface area (Å²) in [6, 6.07) is 5.45. The quantitative estimate of drug-likeness (QED) is 0.741.